The molecule has 0 unspecified atom stereocenters. The second-order valence-corrected chi connectivity index (χ2v) is 15.3. The summed E-state index contributed by atoms with van der Waals surface area (Å²) in [5.74, 6) is 0. The zero-order chi connectivity index (χ0) is 35.9. The number of hydrogen-bond donors (Lipinski definition) is 0. The quantitative estimate of drug-likeness (QED) is 0.0794. The van der Waals surface area contributed by atoms with Crippen LogP contribution in [0.25, 0.3) is 55.0 Å². The number of aryl methyl sites for hydroxylation is 4. The van der Waals surface area contributed by atoms with E-state index in [0.717, 1.165) is 12.8 Å². The van der Waals surface area contributed by atoms with E-state index in [1.54, 1.807) is 0 Å². The molecular formula is C50H60N2. The zero-order valence-corrected chi connectivity index (χ0v) is 32.4. The normalized spacial score (nSPS) is 11.9. The average Bonchev–Trinajstić information content (AvgIpc) is 3.67. The van der Waals surface area contributed by atoms with Crippen LogP contribution in [-0.4, -0.2) is 9.13 Å². The van der Waals surface area contributed by atoms with E-state index < -0.39 is 0 Å². The van der Waals surface area contributed by atoms with Crippen LogP contribution in [0.15, 0.2) is 97.1 Å². The van der Waals surface area contributed by atoms with Crippen molar-refractivity contribution in [3.63, 3.8) is 0 Å². The second kappa shape index (κ2) is 17.0. The number of aromatic nitrogens is 2. The molecule has 270 valence electrons. The maximum Gasteiger partial charge on any atom is 0.0548 e. The monoisotopic (exact) mass is 688 g/mol. The largest absolute Gasteiger partial charge is 0.309 e. The first kappa shape index (κ1) is 36.1. The molecule has 7 rings (SSSR count). The van der Waals surface area contributed by atoms with Crippen molar-refractivity contribution >= 4 is 43.6 Å². The molecule has 0 atom stereocenters. The van der Waals surface area contributed by atoms with Gasteiger partial charge in [0.1, 0.15) is 0 Å². The van der Waals surface area contributed by atoms with E-state index in [1.165, 1.54) is 167 Å². The molecule has 0 spiro atoms. The van der Waals surface area contributed by atoms with Crippen LogP contribution in [0.1, 0.15) is 127 Å². The summed E-state index contributed by atoms with van der Waals surface area (Å²) in [5.41, 5.74) is 13.3. The second-order valence-electron chi connectivity index (χ2n) is 15.3. The molecule has 2 heterocycles. The summed E-state index contributed by atoms with van der Waals surface area (Å²) in [6.45, 7) is 9.11. The van der Waals surface area contributed by atoms with E-state index in [2.05, 4.69) is 134 Å². The van der Waals surface area contributed by atoms with Gasteiger partial charge in [0.2, 0.25) is 0 Å². The number of hydrogen-bond acceptors (Lipinski definition) is 0. The van der Waals surface area contributed by atoms with Crippen LogP contribution in [0.4, 0.5) is 0 Å². The van der Waals surface area contributed by atoms with Gasteiger partial charge in [-0.1, -0.05) is 140 Å². The fraction of sp³-hybridized carbons (Fsp3) is 0.400. The van der Waals surface area contributed by atoms with Crippen LogP contribution >= 0.6 is 0 Å². The molecular weight excluding hydrogens is 629 g/mol. The Morgan fingerprint density at radius 2 is 0.673 bits per heavy atom. The fourth-order valence-corrected chi connectivity index (χ4v) is 8.46. The smallest absolute Gasteiger partial charge is 0.0548 e. The summed E-state index contributed by atoms with van der Waals surface area (Å²) in [6, 6.07) is 38.1. The lowest BCUT2D eigenvalue weighted by Gasteiger charge is -2.11. The van der Waals surface area contributed by atoms with Gasteiger partial charge < -0.3 is 9.13 Å². The number of fused-ring (bicyclic) bond motifs is 6. The molecule has 0 aliphatic heterocycles. The third-order valence-corrected chi connectivity index (χ3v) is 11.6. The molecule has 0 bridgehead atoms. The van der Waals surface area contributed by atoms with Gasteiger partial charge in [0, 0.05) is 32.9 Å². The van der Waals surface area contributed by atoms with Gasteiger partial charge in [0.05, 0.1) is 22.1 Å². The van der Waals surface area contributed by atoms with Crippen molar-refractivity contribution in [2.75, 3.05) is 0 Å². The molecule has 52 heavy (non-hydrogen) atoms. The van der Waals surface area contributed by atoms with Crippen LogP contribution in [0.2, 0.25) is 0 Å². The van der Waals surface area contributed by atoms with Crippen LogP contribution in [0, 0.1) is 0 Å². The number of unbranched alkanes of at least 4 members (excludes halogenated alkanes) is 10. The van der Waals surface area contributed by atoms with Gasteiger partial charge in [0.15, 0.2) is 0 Å². The molecule has 0 N–H and O–H groups in total. The van der Waals surface area contributed by atoms with Crippen molar-refractivity contribution in [3.8, 4) is 11.4 Å². The Kier molecular flexibility index (Phi) is 11.8. The van der Waals surface area contributed by atoms with Gasteiger partial charge >= 0.3 is 0 Å². The third kappa shape index (κ3) is 7.59. The molecule has 0 amide bonds. The van der Waals surface area contributed by atoms with Gasteiger partial charge in [-0.2, -0.15) is 0 Å². The number of benzene rings is 5. The maximum atomic E-state index is 2.53. The van der Waals surface area contributed by atoms with Crippen LogP contribution in [0.3, 0.4) is 0 Å². The summed E-state index contributed by atoms with van der Waals surface area (Å²) < 4.78 is 5.05. The van der Waals surface area contributed by atoms with E-state index >= 15 is 0 Å². The Balaban J connectivity index is 1.30. The summed E-state index contributed by atoms with van der Waals surface area (Å²) in [5, 5.41) is 5.29. The standard InChI is InChI=1S/C50H60N2/c1-5-9-11-13-15-17-19-39-21-27-41(28-22-39)51-47-33-37(7-3)25-31-43(47)45-36-50-46(35-49(45)51)44-32-26-38(8-4)34-48(44)52(50)42-29-23-40(24-30-42)20-18-16-14-12-10-6-2/h21-36H,5-20H2,1-4H3. The SMILES string of the molecule is CCCCCCCCc1ccc(-n2c3cc(CC)ccc3c3cc4c(cc32)c2ccc(CC)cc2n4-c2ccc(CCCCCCCC)cc2)cc1. The highest BCUT2D eigenvalue weighted by atomic mass is 15.0. The minimum Gasteiger partial charge on any atom is -0.309 e. The Bertz CT molecular complexity index is 2060. The highest BCUT2D eigenvalue weighted by Gasteiger charge is 2.19. The highest BCUT2D eigenvalue weighted by molar-refractivity contribution is 6.19. The molecule has 0 saturated carbocycles. The lowest BCUT2D eigenvalue weighted by Crippen LogP contribution is -1.96. The molecule has 2 nitrogen and oxygen atoms in total. The van der Waals surface area contributed by atoms with Gasteiger partial charge in [0.25, 0.3) is 0 Å². The molecule has 0 fully saturated rings. The average molecular weight is 689 g/mol. The Morgan fingerprint density at radius 3 is 1.06 bits per heavy atom. The van der Waals surface area contributed by atoms with E-state index in [-0.39, 0.29) is 0 Å². The third-order valence-electron chi connectivity index (χ3n) is 11.6. The van der Waals surface area contributed by atoms with Gasteiger partial charge in [-0.25, -0.2) is 0 Å². The molecule has 7 aromatic rings. The van der Waals surface area contributed by atoms with Crippen molar-refractivity contribution in [2.24, 2.45) is 0 Å². The highest BCUT2D eigenvalue weighted by Crippen LogP contribution is 2.40. The van der Waals surface area contributed by atoms with Crippen LogP contribution < -0.4 is 0 Å². The Hall–Kier alpha value is -4.30. The van der Waals surface area contributed by atoms with E-state index in [1.807, 2.05) is 0 Å². The first-order valence-electron chi connectivity index (χ1n) is 20.9. The predicted molar refractivity (Wildman–Crippen MR) is 228 cm³/mol. The fourth-order valence-electron chi connectivity index (χ4n) is 8.46. The lowest BCUT2D eigenvalue weighted by atomic mass is 10.0. The van der Waals surface area contributed by atoms with Crippen LogP contribution in [-0.2, 0) is 25.7 Å². The summed E-state index contributed by atoms with van der Waals surface area (Å²) in [4.78, 5) is 0. The molecule has 5 aromatic carbocycles. The molecule has 2 heteroatoms. The van der Waals surface area contributed by atoms with Gasteiger partial charge in [-0.15, -0.1) is 0 Å². The topological polar surface area (TPSA) is 9.86 Å². The first-order valence-corrected chi connectivity index (χ1v) is 20.9. The van der Waals surface area contributed by atoms with Crippen LogP contribution in [0.5, 0.6) is 0 Å². The molecule has 0 aliphatic carbocycles. The summed E-state index contributed by atoms with van der Waals surface area (Å²) in [6.07, 6.45) is 20.4. The minimum absolute atomic E-state index is 1.03. The van der Waals surface area contributed by atoms with E-state index in [9.17, 15) is 0 Å². The lowest BCUT2D eigenvalue weighted by molar-refractivity contribution is 0.607. The molecule has 2 aromatic heterocycles. The maximum absolute atomic E-state index is 2.53. The van der Waals surface area contributed by atoms with Crippen molar-refractivity contribution in [1.29, 1.82) is 0 Å². The molecule has 0 aliphatic rings. The van der Waals surface area contributed by atoms with E-state index in [4.69, 9.17) is 0 Å². The summed E-state index contributed by atoms with van der Waals surface area (Å²) in [7, 11) is 0. The van der Waals surface area contributed by atoms with Crippen molar-refractivity contribution in [2.45, 2.75) is 130 Å². The molecule has 0 radical (unpaired) electrons. The number of nitrogens with zero attached hydrogens (tertiary/aromatic N) is 2. The van der Waals surface area contributed by atoms with E-state index in [0.29, 0.717) is 0 Å². The Morgan fingerprint density at radius 1 is 0.327 bits per heavy atom. The zero-order valence-electron chi connectivity index (χ0n) is 32.4. The van der Waals surface area contributed by atoms with Crippen molar-refractivity contribution in [1.82, 2.24) is 9.13 Å². The van der Waals surface area contributed by atoms with Gasteiger partial charge in [-0.05, 0) is 109 Å². The summed E-state index contributed by atoms with van der Waals surface area (Å²) >= 11 is 0. The minimum atomic E-state index is 1.03. The van der Waals surface area contributed by atoms with Gasteiger partial charge in [-0.3, -0.25) is 0 Å². The molecule has 0 saturated heterocycles. The number of rotatable bonds is 18. The Labute approximate surface area is 312 Å². The first-order chi connectivity index (χ1) is 25.6. The van der Waals surface area contributed by atoms with Crippen molar-refractivity contribution in [3.05, 3.63) is 119 Å². The predicted octanol–water partition coefficient (Wildman–Crippen LogP) is 14.8. The van der Waals surface area contributed by atoms with Crippen molar-refractivity contribution < 1.29 is 0 Å².